The highest BCUT2D eigenvalue weighted by Gasteiger charge is 2.25. The van der Waals surface area contributed by atoms with E-state index < -0.39 is 0 Å². The highest BCUT2D eigenvalue weighted by molar-refractivity contribution is 5.54. The third kappa shape index (κ3) is 3.74. The van der Waals surface area contributed by atoms with Gasteiger partial charge in [0, 0.05) is 31.4 Å². The topological polar surface area (TPSA) is 43.2 Å². The van der Waals surface area contributed by atoms with Gasteiger partial charge in [-0.3, -0.25) is 4.90 Å². The zero-order chi connectivity index (χ0) is 16.9. The number of anilines is 1. The highest BCUT2D eigenvalue weighted by atomic mass is 15.2. The van der Waals surface area contributed by atoms with Crippen molar-refractivity contribution in [3.63, 3.8) is 0 Å². The first-order valence-electron chi connectivity index (χ1n) is 8.54. The molecule has 4 nitrogen and oxygen atoms in total. The molecule has 0 aliphatic carbocycles. The van der Waals surface area contributed by atoms with Gasteiger partial charge in [-0.25, -0.2) is 4.98 Å². The van der Waals surface area contributed by atoms with Gasteiger partial charge in [-0.15, -0.1) is 0 Å². The van der Waals surface area contributed by atoms with Gasteiger partial charge in [0.15, 0.2) is 0 Å². The summed E-state index contributed by atoms with van der Waals surface area (Å²) in [5.74, 6) is 0.843. The number of benzene rings is 1. The zero-order valence-corrected chi connectivity index (χ0v) is 14.4. The average molecular weight is 320 g/mol. The number of hydrogen-bond donors (Lipinski definition) is 0. The summed E-state index contributed by atoms with van der Waals surface area (Å²) in [4.78, 5) is 9.33. The van der Waals surface area contributed by atoms with Crippen LogP contribution in [0.2, 0.25) is 0 Å². The SMILES string of the molecule is Cc1ccc(C#N)c(N2CCCC(N(C)Cc3ccccc3)C2)n1. The summed E-state index contributed by atoms with van der Waals surface area (Å²) in [6.45, 7) is 4.83. The Kier molecular flexibility index (Phi) is 5.12. The van der Waals surface area contributed by atoms with E-state index >= 15 is 0 Å². The largest absolute Gasteiger partial charge is 0.354 e. The average Bonchev–Trinajstić information content (AvgIpc) is 2.62. The van der Waals surface area contributed by atoms with Gasteiger partial charge in [0.25, 0.3) is 0 Å². The van der Waals surface area contributed by atoms with Crippen molar-refractivity contribution in [1.29, 1.82) is 5.26 Å². The number of piperidine rings is 1. The molecule has 1 saturated heterocycles. The third-order valence-corrected chi connectivity index (χ3v) is 4.73. The van der Waals surface area contributed by atoms with Crippen LogP contribution in [0.4, 0.5) is 5.82 Å². The van der Waals surface area contributed by atoms with E-state index in [1.54, 1.807) is 0 Å². The first-order valence-corrected chi connectivity index (χ1v) is 8.54. The predicted molar refractivity (Wildman–Crippen MR) is 96.8 cm³/mol. The van der Waals surface area contributed by atoms with E-state index in [-0.39, 0.29) is 0 Å². The highest BCUT2D eigenvalue weighted by Crippen LogP contribution is 2.24. The Balaban J connectivity index is 1.73. The third-order valence-electron chi connectivity index (χ3n) is 4.73. The minimum atomic E-state index is 0.479. The molecule has 0 spiro atoms. The van der Waals surface area contributed by atoms with E-state index in [1.165, 1.54) is 12.0 Å². The van der Waals surface area contributed by atoms with Gasteiger partial charge >= 0.3 is 0 Å². The molecule has 0 saturated carbocycles. The van der Waals surface area contributed by atoms with Crippen LogP contribution >= 0.6 is 0 Å². The number of rotatable bonds is 4. The number of nitriles is 1. The number of aryl methyl sites for hydroxylation is 1. The first-order chi connectivity index (χ1) is 11.7. The summed E-state index contributed by atoms with van der Waals surface area (Å²) < 4.78 is 0. The lowest BCUT2D eigenvalue weighted by molar-refractivity contribution is 0.207. The van der Waals surface area contributed by atoms with Crippen LogP contribution < -0.4 is 4.90 Å². The van der Waals surface area contributed by atoms with E-state index in [0.717, 1.165) is 37.6 Å². The summed E-state index contributed by atoms with van der Waals surface area (Å²) in [5, 5.41) is 9.38. The Morgan fingerprint density at radius 2 is 2.04 bits per heavy atom. The van der Waals surface area contributed by atoms with Gasteiger partial charge in [-0.05, 0) is 44.5 Å². The number of aromatic nitrogens is 1. The molecule has 1 aliphatic rings. The van der Waals surface area contributed by atoms with Gasteiger partial charge < -0.3 is 4.90 Å². The molecule has 0 radical (unpaired) electrons. The van der Waals surface area contributed by atoms with Crippen LogP contribution in [0.5, 0.6) is 0 Å². The fourth-order valence-corrected chi connectivity index (χ4v) is 3.38. The van der Waals surface area contributed by atoms with Crippen LogP contribution in [0.3, 0.4) is 0 Å². The van der Waals surface area contributed by atoms with Crippen molar-refractivity contribution in [2.45, 2.75) is 32.4 Å². The summed E-state index contributed by atoms with van der Waals surface area (Å²) >= 11 is 0. The number of pyridine rings is 1. The minimum absolute atomic E-state index is 0.479. The lowest BCUT2D eigenvalue weighted by atomic mass is 10.0. The quantitative estimate of drug-likeness (QED) is 0.866. The Labute approximate surface area is 144 Å². The van der Waals surface area contributed by atoms with Crippen LogP contribution in [-0.4, -0.2) is 36.1 Å². The molecule has 1 fully saturated rings. The van der Waals surface area contributed by atoms with E-state index in [4.69, 9.17) is 0 Å². The number of hydrogen-bond acceptors (Lipinski definition) is 4. The smallest absolute Gasteiger partial charge is 0.146 e. The molecule has 1 aromatic heterocycles. The molecule has 2 aromatic rings. The van der Waals surface area contributed by atoms with Gasteiger partial charge in [-0.1, -0.05) is 30.3 Å². The molecule has 124 valence electrons. The van der Waals surface area contributed by atoms with Crippen molar-refractivity contribution in [2.24, 2.45) is 0 Å². The van der Waals surface area contributed by atoms with Crippen molar-refractivity contribution in [1.82, 2.24) is 9.88 Å². The van der Waals surface area contributed by atoms with E-state index in [2.05, 4.69) is 58.2 Å². The maximum Gasteiger partial charge on any atom is 0.146 e. The van der Waals surface area contributed by atoms with Crippen LogP contribution in [0.1, 0.15) is 29.7 Å². The molecule has 24 heavy (non-hydrogen) atoms. The van der Waals surface area contributed by atoms with Crippen LogP contribution in [0.15, 0.2) is 42.5 Å². The molecule has 0 bridgehead atoms. The van der Waals surface area contributed by atoms with Crippen molar-refractivity contribution in [2.75, 3.05) is 25.0 Å². The van der Waals surface area contributed by atoms with Crippen molar-refractivity contribution >= 4 is 5.82 Å². The minimum Gasteiger partial charge on any atom is -0.354 e. The van der Waals surface area contributed by atoms with Gasteiger partial charge in [-0.2, -0.15) is 5.26 Å². The molecule has 2 heterocycles. The second-order valence-corrected chi connectivity index (χ2v) is 6.58. The van der Waals surface area contributed by atoms with Gasteiger partial charge in [0.2, 0.25) is 0 Å². The monoisotopic (exact) mass is 320 g/mol. The second-order valence-electron chi connectivity index (χ2n) is 6.58. The van der Waals surface area contributed by atoms with E-state index in [9.17, 15) is 5.26 Å². The zero-order valence-electron chi connectivity index (χ0n) is 14.4. The van der Waals surface area contributed by atoms with Crippen LogP contribution in [0.25, 0.3) is 0 Å². The van der Waals surface area contributed by atoms with Gasteiger partial charge in [0.1, 0.15) is 11.9 Å². The summed E-state index contributed by atoms with van der Waals surface area (Å²) in [5.41, 5.74) is 2.97. The van der Waals surface area contributed by atoms with E-state index in [0.29, 0.717) is 11.6 Å². The first kappa shape index (κ1) is 16.5. The van der Waals surface area contributed by atoms with Crippen LogP contribution in [-0.2, 0) is 6.54 Å². The second kappa shape index (κ2) is 7.46. The molecular weight excluding hydrogens is 296 g/mol. The Morgan fingerprint density at radius 1 is 1.25 bits per heavy atom. The number of nitrogens with zero attached hydrogens (tertiary/aromatic N) is 4. The van der Waals surface area contributed by atoms with Gasteiger partial charge in [0.05, 0.1) is 5.56 Å². The number of likely N-dealkylation sites (N-methyl/N-ethyl adjacent to an activating group) is 1. The van der Waals surface area contributed by atoms with Crippen molar-refractivity contribution < 1.29 is 0 Å². The Bertz CT molecular complexity index is 720. The molecule has 4 heteroatoms. The fraction of sp³-hybridized carbons (Fsp3) is 0.400. The molecule has 1 aliphatic heterocycles. The van der Waals surface area contributed by atoms with E-state index in [1.807, 2.05) is 19.1 Å². The summed E-state index contributed by atoms with van der Waals surface area (Å²) in [7, 11) is 2.19. The van der Waals surface area contributed by atoms with Crippen molar-refractivity contribution in [3.8, 4) is 6.07 Å². The van der Waals surface area contributed by atoms with Crippen LogP contribution in [0, 0.1) is 18.3 Å². The lowest BCUT2D eigenvalue weighted by Crippen LogP contribution is -2.46. The molecule has 1 unspecified atom stereocenters. The summed E-state index contributed by atoms with van der Waals surface area (Å²) in [6.07, 6.45) is 2.32. The standard InChI is InChI=1S/C20H24N4/c1-16-10-11-18(13-21)20(22-16)24-12-6-9-19(15-24)23(2)14-17-7-4-3-5-8-17/h3-5,7-8,10-11,19H,6,9,12,14-15H2,1-2H3. The molecule has 0 N–H and O–H groups in total. The maximum atomic E-state index is 9.38. The lowest BCUT2D eigenvalue weighted by Gasteiger charge is -2.38. The maximum absolute atomic E-state index is 9.38. The molecular formula is C20H24N4. The molecule has 3 rings (SSSR count). The molecule has 0 amide bonds. The predicted octanol–water partition coefficient (Wildman–Crippen LogP) is 3.36. The Hall–Kier alpha value is -2.38. The van der Waals surface area contributed by atoms with Crippen molar-refractivity contribution in [3.05, 3.63) is 59.3 Å². The summed E-state index contributed by atoms with van der Waals surface area (Å²) in [6, 6.07) is 17.1. The Morgan fingerprint density at radius 3 is 2.79 bits per heavy atom. The normalized spacial score (nSPS) is 17.8. The fourth-order valence-electron chi connectivity index (χ4n) is 3.38. The molecule has 1 atom stereocenters. The molecule has 1 aromatic carbocycles.